The van der Waals surface area contributed by atoms with Gasteiger partial charge in [0.1, 0.15) is 6.10 Å². The summed E-state index contributed by atoms with van der Waals surface area (Å²) in [7, 11) is 0. The zero-order valence-corrected chi connectivity index (χ0v) is 23.9. The molecule has 35 heavy (non-hydrogen) atoms. The standard InChI is InChI=1S/C32H52O3/c1-20(33)35-27-15-18-31(7)22-10-12-25-30(6,19-21(22)9-11-23(31)29(27,4)5)16-13-24-28(2,3)26(34)14-17-32(24,25)8/h9,22-27,34H,10-19H2,1-8H3/t22-,23-,24+,25-,26-,27-,30-,31+,32-/m0/s1. The van der Waals surface area contributed by atoms with Crippen LogP contribution in [0.2, 0.25) is 0 Å². The summed E-state index contributed by atoms with van der Waals surface area (Å²) in [6, 6.07) is 0. The molecule has 9 atom stereocenters. The van der Waals surface area contributed by atoms with Crippen molar-refractivity contribution in [2.75, 3.05) is 0 Å². The van der Waals surface area contributed by atoms with Gasteiger partial charge in [0.25, 0.3) is 0 Å². The average Bonchev–Trinajstić information content (AvgIpc) is 2.90. The van der Waals surface area contributed by atoms with Crippen LogP contribution in [0.1, 0.15) is 120 Å². The van der Waals surface area contributed by atoms with Gasteiger partial charge in [0.05, 0.1) is 6.10 Å². The molecule has 0 aliphatic heterocycles. The van der Waals surface area contributed by atoms with E-state index in [0.717, 1.165) is 25.2 Å². The molecule has 0 aromatic rings. The Morgan fingerprint density at radius 1 is 0.829 bits per heavy atom. The van der Waals surface area contributed by atoms with E-state index in [9.17, 15) is 9.90 Å². The van der Waals surface area contributed by atoms with Gasteiger partial charge in [-0.15, -0.1) is 0 Å². The predicted molar refractivity (Wildman–Crippen MR) is 142 cm³/mol. The summed E-state index contributed by atoms with van der Waals surface area (Å²) in [6.07, 6.45) is 14.4. The topological polar surface area (TPSA) is 46.5 Å². The molecule has 0 heterocycles. The lowest BCUT2D eigenvalue weighted by Gasteiger charge is -2.63. The van der Waals surface area contributed by atoms with Crippen LogP contribution in [0.15, 0.2) is 11.6 Å². The third kappa shape index (κ3) is 3.63. The minimum Gasteiger partial charge on any atom is -0.462 e. The highest BCUT2D eigenvalue weighted by Gasteiger charge is 2.63. The van der Waals surface area contributed by atoms with Gasteiger partial charge in [-0.2, -0.15) is 0 Å². The van der Waals surface area contributed by atoms with E-state index in [0.29, 0.717) is 28.6 Å². The third-order valence-corrected chi connectivity index (χ3v) is 13.1. The number of aliphatic hydroxyl groups excluding tert-OH is 1. The monoisotopic (exact) mass is 484 g/mol. The molecule has 5 rings (SSSR count). The van der Waals surface area contributed by atoms with Crippen molar-refractivity contribution in [2.24, 2.45) is 50.7 Å². The fraction of sp³-hybridized carbons (Fsp3) is 0.906. The molecular weight excluding hydrogens is 432 g/mol. The second-order valence-electron chi connectivity index (χ2n) is 15.5. The van der Waals surface area contributed by atoms with Crippen LogP contribution in [0.25, 0.3) is 0 Å². The molecule has 0 spiro atoms. The van der Waals surface area contributed by atoms with Crippen LogP contribution in [-0.2, 0) is 9.53 Å². The first-order chi connectivity index (χ1) is 16.2. The van der Waals surface area contributed by atoms with Crippen molar-refractivity contribution < 1.29 is 14.6 Å². The average molecular weight is 485 g/mol. The molecule has 0 radical (unpaired) electrons. The maximum absolute atomic E-state index is 11.9. The Balaban J connectivity index is 1.47. The molecule has 0 amide bonds. The second-order valence-corrected chi connectivity index (χ2v) is 15.5. The number of esters is 1. The first-order valence-electron chi connectivity index (χ1n) is 14.7. The summed E-state index contributed by atoms with van der Waals surface area (Å²) < 4.78 is 5.87. The number of aliphatic hydroxyl groups is 1. The zero-order chi connectivity index (χ0) is 25.6. The van der Waals surface area contributed by atoms with Gasteiger partial charge in [-0.05, 0) is 110 Å². The van der Waals surface area contributed by atoms with Gasteiger partial charge in [0.15, 0.2) is 0 Å². The Labute approximate surface area is 214 Å². The van der Waals surface area contributed by atoms with Crippen molar-refractivity contribution in [2.45, 2.75) is 132 Å². The lowest BCUT2D eigenvalue weighted by atomic mass is 9.42. The summed E-state index contributed by atoms with van der Waals surface area (Å²) in [4.78, 5) is 11.9. The maximum Gasteiger partial charge on any atom is 0.302 e. The van der Waals surface area contributed by atoms with Crippen molar-refractivity contribution in [3.05, 3.63) is 11.6 Å². The molecule has 3 nitrogen and oxygen atoms in total. The summed E-state index contributed by atoms with van der Waals surface area (Å²) in [6.45, 7) is 18.8. The van der Waals surface area contributed by atoms with Crippen LogP contribution in [0.5, 0.6) is 0 Å². The summed E-state index contributed by atoms with van der Waals surface area (Å²) in [5, 5.41) is 10.9. The normalized spacial score (nSPS) is 50.4. The maximum atomic E-state index is 11.9. The molecule has 5 aliphatic carbocycles. The molecule has 5 aliphatic rings. The van der Waals surface area contributed by atoms with Gasteiger partial charge in [0.2, 0.25) is 0 Å². The Kier molecular flexibility index (Phi) is 5.96. The minimum absolute atomic E-state index is 0.00424. The Hall–Kier alpha value is -0.830. The van der Waals surface area contributed by atoms with Crippen molar-refractivity contribution in [1.82, 2.24) is 0 Å². The lowest BCUT2D eigenvalue weighted by molar-refractivity contribution is -0.172. The van der Waals surface area contributed by atoms with Crippen LogP contribution in [0.3, 0.4) is 0 Å². The lowest BCUT2D eigenvalue weighted by Crippen LogP contribution is -2.58. The van der Waals surface area contributed by atoms with Crippen molar-refractivity contribution in [1.29, 1.82) is 0 Å². The summed E-state index contributed by atoms with van der Waals surface area (Å²) in [5.41, 5.74) is 2.77. The molecule has 1 N–H and O–H groups in total. The predicted octanol–water partition coefficient (Wildman–Crippen LogP) is 7.71. The number of carbonyl (C=O) groups excluding carboxylic acids is 1. The number of carbonyl (C=O) groups is 1. The highest BCUT2D eigenvalue weighted by atomic mass is 16.5. The van der Waals surface area contributed by atoms with E-state index < -0.39 is 0 Å². The van der Waals surface area contributed by atoms with Gasteiger partial charge in [0, 0.05) is 12.3 Å². The number of hydrogen-bond donors (Lipinski definition) is 1. The third-order valence-electron chi connectivity index (χ3n) is 13.1. The van der Waals surface area contributed by atoms with Crippen molar-refractivity contribution >= 4 is 5.97 Å². The highest BCUT2D eigenvalue weighted by Crippen LogP contribution is 2.70. The Morgan fingerprint density at radius 2 is 1.51 bits per heavy atom. The molecule has 0 aromatic heterocycles. The fourth-order valence-electron chi connectivity index (χ4n) is 11.3. The molecule has 0 bridgehead atoms. The molecule has 0 aromatic carbocycles. The molecular formula is C32H52O3. The number of rotatable bonds is 1. The molecule has 0 unspecified atom stereocenters. The van der Waals surface area contributed by atoms with E-state index in [4.69, 9.17) is 4.74 Å². The first-order valence-corrected chi connectivity index (χ1v) is 14.7. The SMILES string of the molecule is CC(=O)O[C@H]1CC[C@]2(C)[C@H]3CC[C@H]4[C@@](C)(CC[C@@H]5C(C)(C)[C@@H](O)CC[C@@]54C)CC3=CC[C@H]2C1(C)C. The molecule has 4 saturated carbocycles. The minimum atomic E-state index is -0.157. The van der Waals surface area contributed by atoms with Crippen LogP contribution in [0.4, 0.5) is 0 Å². The molecule has 0 saturated heterocycles. The fourth-order valence-corrected chi connectivity index (χ4v) is 11.3. The smallest absolute Gasteiger partial charge is 0.302 e. The van der Waals surface area contributed by atoms with Gasteiger partial charge < -0.3 is 9.84 Å². The van der Waals surface area contributed by atoms with Crippen molar-refractivity contribution in [3.63, 3.8) is 0 Å². The number of hydrogen-bond acceptors (Lipinski definition) is 3. The van der Waals surface area contributed by atoms with Gasteiger partial charge in [-0.25, -0.2) is 0 Å². The first kappa shape index (κ1) is 25.8. The van der Waals surface area contributed by atoms with Crippen LogP contribution < -0.4 is 0 Å². The van der Waals surface area contributed by atoms with E-state index >= 15 is 0 Å². The van der Waals surface area contributed by atoms with Gasteiger partial charge in [-0.3, -0.25) is 4.79 Å². The molecule has 4 fully saturated rings. The zero-order valence-electron chi connectivity index (χ0n) is 23.9. The Morgan fingerprint density at radius 3 is 2.20 bits per heavy atom. The van der Waals surface area contributed by atoms with E-state index in [1.807, 2.05) is 0 Å². The number of allylic oxidation sites excluding steroid dienone is 2. The quantitative estimate of drug-likeness (QED) is 0.306. The van der Waals surface area contributed by atoms with E-state index in [1.165, 1.54) is 44.9 Å². The summed E-state index contributed by atoms with van der Waals surface area (Å²) in [5.74, 6) is 2.44. The van der Waals surface area contributed by atoms with E-state index in [2.05, 4.69) is 54.5 Å². The number of ether oxygens (including phenoxy) is 1. The molecule has 198 valence electrons. The number of fused-ring (bicyclic) bond motifs is 6. The van der Waals surface area contributed by atoms with Gasteiger partial charge >= 0.3 is 5.97 Å². The second kappa shape index (κ2) is 8.08. The largest absolute Gasteiger partial charge is 0.462 e. The van der Waals surface area contributed by atoms with Crippen LogP contribution >= 0.6 is 0 Å². The molecule has 3 heteroatoms. The van der Waals surface area contributed by atoms with Gasteiger partial charge in [-0.1, -0.05) is 60.1 Å². The van der Waals surface area contributed by atoms with Crippen molar-refractivity contribution in [3.8, 4) is 0 Å². The van der Waals surface area contributed by atoms with E-state index in [-0.39, 0.29) is 34.4 Å². The highest BCUT2D eigenvalue weighted by molar-refractivity contribution is 5.66. The summed E-state index contributed by atoms with van der Waals surface area (Å²) >= 11 is 0. The van der Waals surface area contributed by atoms with E-state index in [1.54, 1.807) is 12.5 Å². The van der Waals surface area contributed by atoms with Crippen LogP contribution in [-0.4, -0.2) is 23.3 Å². The van der Waals surface area contributed by atoms with Crippen LogP contribution in [0, 0.1) is 50.7 Å². The Bertz CT molecular complexity index is 900.